The Kier molecular flexibility index (Phi) is 2.55. The molecule has 0 fully saturated rings. The molecule has 1 N–H and O–H groups in total. The van der Waals surface area contributed by atoms with Crippen molar-refractivity contribution in [2.75, 3.05) is 0 Å². The summed E-state index contributed by atoms with van der Waals surface area (Å²) in [6, 6.07) is 0. The molecule has 0 aromatic carbocycles. The maximum atomic E-state index is 13.1. The molecule has 0 radical (unpaired) electrons. The van der Waals surface area contributed by atoms with E-state index in [1.807, 2.05) is 0 Å². The molecule has 70 valence electrons. The average molecular weight is 184 g/mol. The topological polar surface area (TPSA) is 63.1 Å². The maximum Gasteiger partial charge on any atom is 0.357 e. The molecule has 0 aliphatic heterocycles. The van der Waals surface area contributed by atoms with E-state index >= 15 is 0 Å². The molecule has 0 saturated carbocycles. The number of aryl methyl sites for hydroxylation is 2. The predicted molar refractivity (Wildman–Crippen MR) is 43.1 cm³/mol. The summed E-state index contributed by atoms with van der Waals surface area (Å²) >= 11 is 0. The monoisotopic (exact) mass is 184 g/mol. The van der Waals surface area contributed by atoms with Crippen LogP contribution in [0.25, 0.3) is 0 Å². The number of hydrogen-bond donors (Lipinski definition) is 1. The van der Waals surface area contributed by atoms with Crippen molar-refractivity contribution < 1.29 is 14.3 Å². The van der Waals surface area contributed by atoms with Gasteiger partial charge in [-0.15, -0.1) is 0 Å². The van der Waals surface area contributed by atoms with Crippen molar-refractivity contribution in [2.24, 2.45) is 0 Å². The zero-order valence-corrected chi connectivity index (χ0v) is 7.33. The number of aromatic nitrogens is 2. The number of carbonyl (C=O) groups is 1. The molecule has 1 heterocycles. The lowest BCUT2D eigenvalue weighted by atomic mass is 10.3. The van der Waals surface area contributed by atoms with E-state index in [1.165, 1.54) is 6.92 Å². The van der Waals surface area contributed by atoms with Crippen LogP contribution in [0.15, 0.2) is 0 Å². The van der Waals surface area contributed by atoms with Gasteiger partial charge in [0.2, 0.25) is 0 Å². The minimum absolute atomic E-state index is 0.0734. The van der Waals surface area contributed by atoms with Gasteiger partial charge in [0, 0.05) is 6.42 Å². The number of rotatable bonds is 2. The highest BCUT2D eigenvalue weighted by molar-refractivity contribution is 5.85. The van der Waals surface area contributed by atoms with Crippen LogP contribution in [0.4, 0.5) is 4.39 Å². The molecule has 1 aromatic heterocycles. The van der Waals surface area contributed by atoms with Gasteiger partial charge in [-0.2, -0.15) is 0 Å². The number of carboxylic acid groups (broad SMARTS) is 1. The lowest BCUT2D eigenvalue weighted by Gasteiger charge is -2.02. The summed E-state index contributed by atoms with van der Waals surface area (Å²) in [6.07, 6.45) is 0.487. The molecule has 1 rings (SSSR count). The third-order valence-electron chi connectivity index (χ3n) is 1.58. The van der Waals surface area contributed by atoms with Crippen LogP contribution in [0.5, 0.6) is 0 Å². The number of aromatic carboxylic acids is 1. The van der Waals surface area contributed by atoms with Gasteiger partial charge in [-0.1, -0.05) is 6.92 Å². The molecule has 0 aliphatic carbocycles. The fraction of sp³-hybridized carbons (Fsp3) is 0.375. The molecule has 0 amide bonds. The van der Waals surface area contributed by atoms with Gasteiger partial charge in [0.05, 0.1) is 5.69 Å². The number of halogens is 1. The third kappa shape index (κ3) is 1.80. The molecule has 0 unspecified atom stereocenters. The first kappa shape index (κ1) is 9.57. The third-order valence-corrected chi connectivity index (χ3v) is 1.58. The molecule has 0 saturated heterocycles. The summed E-state index contributed by atoms with van der Waals surface area (Å²) in [5, 5.41) is 8.58. The number of hydrogen-bond acceptors (Lipinski definition) is 3. The van der Waals surface area contributed by atoms with E-state index < -0.39 is 17.5 Å². The number of carboxylic acids is 1. The Bertz CT molecular complexity index is 352. The van der Waals surface area contributed by atoms with Gasteiger partial charge in [0.1, 0.15) is 5.82 Å². The lowest BCUT2D eigenvalue weighted by Crippen LogP contribution is -2.10. The summed E-state index contributed by atoms with van der Waals surface area (Å²) in [7, 11) is 0. The summed E-state index contributed by atoms with van der Waals surface area (Å²) < 4.78 is 13.1. The first-order valence-corrected chi connectivity index (χ1v) is 3.82. The van der Waals surface area contributed by atoms with Crippen molar-refractivity contribution >= 4 is 5.97 Å². The van der Waals surface area contributed by atoms with E-state index in [0.29, 0.717) is 12.2 Å². The minimum Gasteiger partial charge on any atom is -0.476 e. The van der Waals surface area contributed by atoms with Crippen molar-refractivity contribution in [3.8, 4) is 0 Å². The smallest absolute Gasteiger partial charge is 0.357 e. The second-order valence-electron chi connectivity index (χ2n) is 2.55. The zero-order chi connectivity index (χ0) is 10.0. The summed E-state index contributed by atoms with van der Waals surface area (Å²) in [6.45, 7) is 3.20. The first-order valence-electron chi connectivity index (χ1n) is 3.82. The minimum atomic E-state index is -1.36. The van der Waals surface area contributed by atoms with E-state index in [9.17, 15) is 9.18 Å². The fourth-order valence-electron chi connectivity index (χ4n) is 0.917. The van der Waals surface area contributed by atoms with E-state index in [-0.39, 0.29) is 5.69 Å². The van der Waals surface area contributed by atoms with Crippen LogP contribution in [0.1, 0.15) is 28.9 Å². The van der Waals surface area contributed by atoms with Gasteiger partial charge in [0.25, 0.3) is 0 Å². The fourth-order valence-corrected chi connectivity index (χ4v) is 0.917. The maximum absolute atomic E-state index is 13.1. The predicted octanol–water partition coefficient (Wildman–Crippen LogP) is 1.18. The van der Waals surface area contributed by atoms with Crippen LogP contribution in [-0.4, -0.2) is 21.0 Å². The molecule has 0 aliphatic rings. The van der Waals surface area contributed by atoms with Crippen molar-refractivity contribution in [3.63, 3.8) is 0 Å². The summed E-state index contributed by atoms with van der Waals surface area (Å²) in [5.41, 5.74) is -0.478. The Balaban J connectivity index is 3.33. The highest BCUT2D eigenvalue weighted by Crippen LogP contribution is 2.08. The Hall–Kier alpha value is -1.52. The zero-order valence-electron chi connectivity index (χ0n) is 7.33. The van der Waals surface area contributed by atoms with Crippen LogP contribution in [0, 0.1) is 12.7 Å². The molecule has 4 nitrogen and oxygen atoms in total. The molecule has 13 heavy (non-hydrogen) atoms. The van der Waals surface area contributed by atoms with Gasteiger partial charge >= 0.3 is 5.97 Å². The molecule has 0 atom stereocenters. The molecule has 0 spiro atoms. The Morgan fingerprint density at radius 1 is 1.54 bits per heavy atom. The SMILES string of the molecule is CCc1nc(C)c(F)c(C(=O)O)n1. The molecule has 5 heteroatoms. The first-order chi connectivity index (χ1) is 6.06. The second kappa shape index (κ2) is 3.47. The Morgan fingerprint density at radius 3 is 2.62 bits per heavy atom. The largest absolute Gasteiger partial charge is 0.476 e. The van der Waals surface area contributed by atoms with Gasteiger partial charge in [-0.3, -0.25) is 0 Å². The second-order valence-corrected chi connectivity index (χ2v) is 2.55. The van der Waals surface area contributed by atoms with Gasteiger partial charge in [-0.05, 0) is 6.92 Å². The highest BCUT2D eigenvalue weighted by atomic mass is 19.1. The van der Waals surface area contributed by atoms with Gasteiger partial charge in [-0.25, -0.2) is 19.2 Å². The van der Waals surface area contributed by atoms with E-state index in [4.69, 9.17) is 5.11 Å². The molecular formula is C8H9FN2O2. The summed E-state index contributed by atoms with van der Waals surface area (Å²) in [4.78, 5) is 17.9. The van der Waals surface area contributed by atoms with Crippen LogP contribution < -0.4 is 0 Å². The van der Waals surface area contributed by atoms with Crippen LogP contribution in [-0.2, 0) is 6.42 Å². The lowest BCUT2D eigenvalue weighted by molar-refractivity contribution is 0.0684. The molecule has 1 aromatic rings. The van der Waals surface area contributed by atoms with Crippen LogP contribution in [0.2, 0.25) is 0 Å². The highest BCUT2D eigenvalue weighted by Gasteiger charge is 2.16. The Labute approximate surface area is 74.5 Å². The normalized spacial score (nSPS) is 10.1. The van der Waals surface area contributed by atoms with Crippen molar-refractivity contribution in [1.82, 2.24) is 9.97 Å². The van der Waals surface area contributed by atoms with Crippen molar-refractivity contribution in [2.45, 2.75) is 20.3 Å². The Morgan fingerprint density at radius 2 is 2.15 bits per heavy atom. The van der Waals surface area contributed by atoms with Gasteiger partial charge < -0.3 is 5.11 Å². The van der Waals surface area contributed by atoms with Crippen LogP contribution >= 0.6 is 0 Å². The summed E-state index contributed by atoms with van der Waals surface area (Å²) in [5.74, 6) is -1.88. The molecule has 0 bridgehead atoms. The van der Waals surface area contributed by atoms with E-state index in [2.05, 4.69) is 9.97 Å². The quantitative estimate of drug-likeness (QED) is 0.749. The van der Waals surface area contributed by atoms with E-state index in [1.54, 1.807) is 6.92 Å². The van der Waals surface area contributed by atoms with E-state index in [0.717, 1.165) is 0 Å². The van der Waals surface area contributed by atoms with Crippen molar-refractivity contribution in [1.29, 1.82) is 0 Å². The standard InChI is InChI=1S/C8H9FN2O2/c1-3-5-10-4(2)6(9)7(11-5)8(12)13/h3H2,1-2H3,(H,12,13). The average Bonchev–Trinajstić information content (AvgIpc) is 2.09. The number of nitrogens with zero attached hydrogens (tertiary/aromatic N) is 2. The van der Waals surface area contributed by atoms with Crippen molar-refractivity contribution in [3.05, 3.63) is 23.0 Å². The van der Waals surface area contributed by atoms with Gasteiger partial charge in [0.15, 0.2) is 11.5 Å². The van der Waals surface area contributed by atoms with Crippen LogP contribution in [0.3, 0.4) is 0 Å². The molecular weight excluding hydrogens is 175 g/mol.